The van der Waals surface area contributed by atoms with Crippen LogP contribution < -0.4 is 5.32 Å². The smallest absolute Gasteiger partial charge is 0.255 e. The third kappa shape index (κ3) is 3.40. The maximum absolute atomic E-state index is 13.2. The van der Waals surface area contributed by atoms with E-state index in [2.05, 4.69) is 5.32 Å². The number of nitrogens with one attached hydrogen (secondary N) is 1. The van der Waals surface area contributed by atoms with Gasteiger partial charge in [-0.3, -0.25) is 9.59 Å². The highest BCUT2D eigenvalue weighted by molar-refractivity contribution is 6.31. The van der Waals surface area contributed by atoms with Crippen LogP contribution in [0.25, 0.3) is 11.0 Å². The largest absolute Gasteiger partial charge is 0.450 e. The first-order valence-corrected chi connectivity index (χ1v) is 8.79. The summed E-state index contributed by atoms with van der Waals surface area (Å²) < 4.78 is 18.9. The van der Waals surface area contributed by atoms with E-state index in [0.717, 1.165) is 0 Å². The highest BCUT2D eigenvalue weighted by atomic mass is 35.5. The van der Waals surface area contributed by atoms with Gasteiger partial charge in [-0.05, 0) is 54.6 Å². The van der Waals surface area contributed by atoms with E-state index in [0.29, 0.717) is 21.6 Å². The number of ketones is 1. The Morgan fingerprint density at radius 1 is 0.893 bits per heavy atom. The zero-order valence-corrected chi connectivity index (χ0v) is 15.2. The summed E-state index contributed by atoms with van der Waals surface area (Å²) in [6, 6.07) is 18.6. The van der Waals surface area contributed by atoms with Gasteiger partial charge >= 0.3 is 0 Å². The van der Waals surface area contributed by atoms with Gasteiger partial charge in [0, 0.05) is 21.5 Å². The number of amides is 1. The Bertz CT molecular complexity index is 1200. The van der Waals surface area contributed by atoms with Gasteiger partial charge in [0.15, 0.2) is 5.76 Å². The molecule has 0 aliphatic heterocycles. The molecular weight excluding hydrogens is 381 g/mol. The molecule has 6 heteroatoms. The number of fused-ring (bicyclic) bond motifs is 1. The second-order valence-electron chi connectivity index (χ2n) is 6.10. The van der Waals surface area contributed by atoms with E-state index in [1.54, 1.807) is 42.5 Å². The first kappa shape index (κ1) is 17.9. The molecule has 0 bridgehead atoms. The molecule has 0 atom stereocenters. The molecule has 4 nitrogen and oxygen atoms in total. The number of benzene rings is 3. The number of hydrogen-bond donors (Lipinski definition) is 1. The molecule has 1 amide bonds. The van der Waals surface area contributed by atoms with Crippen LogP contribution in [0.15, 0.2) is 77.2 Å². The summed E-state index contributed by atoms with van der Waals surface area (Å²) in [6.07, 6.45) is 0. The standard InChI is InChI=1S/C22H13ClFNO3/c23-15-5-3-4-14(12-15)22(27)25-19-17-6-1-2-7-18(17)28-21(19)20(26)13-8-10-16(24)11-9-13/h1-12H,(H,25,27). The molecule has 0 aliphatic rings. The minimum Gasteiger partial charge on any atom is -0.450 e. The number of hydrogen-bond acceptors (Lipinski definition) is 3. The maximum Gasteiger partial charge on any atom is 0.255 e. The monoisotopic (exact) mass is 393 g/mol. The molecule has 4 rings (SSSR count). The van der Waals surface area contributed by atoms with Crippen LogP contribution in [0.4, 0.5) is 10.1 Å². The summed E-state index contributed by atoms with van der Waals surface area (Å²) in [5, 5.41) is 3.76. The molecule has 1 aromatic heterocycles. The highest BCUT2D eigenvalue weighted by Crippen LogP contribution is 2.33. The first-order valence-electron chi connectivity index (χ1n) is 8.41. The van der Waals surface area contributed by atoms with Crippen molar-refractivity contribution in [3.63, 3.8) is 0 Å². The Morgan fingerprint density at radius 2 is 1.64 bits per heavy atom. The van der Waals surface area contributed by atoms with Crippen molar-refractivity contribution in [2.24, 2.45) is 0 Å². The van der Waals surface area contributed by atoms with Crippen molar-refractivity contribution < 1.29 is 18.4 Å². The molecule has 28 heavy (non-hydrogen) atoms. The molecule has 0 saturated carbocycles. The maximum atomic E-state index is 13.2. The van der Waals surface area contributed by atoms with Gasteiger partial charge in [-0.15, -0.1) is 0 Å². The molecule has 0 fully saturated rings. The molecular formula is C22H13ClFNO3. The predicted molar refractivity (Wildman–Crippen MR) is 105 cm³/mol. The number of rotatable bonds is 4. The zero-order valence-electron chi connectivity index (χ0n) is 14.4. The number of carbonyl (C=O) groups excluding carboxylic acids is 2. The molecule has 0 saturated heterocycles. The fraction of sp³-hybridized carbons (Fsp3) is 0. The van der Waals surface area contributed by atoms with E-state index in [4.69, 9.17) is 16.0 Å². The van der Waals surface area contributed by atoms with Crippen LogP contribution in [0.2, 0.25) is 5.02 Å². The number of para-hydroxylation sites is 1. The van der Waals surface area contributed by atoms with E-state index >= 15 is 0 Å². The van der Waals surface area contributed by atoms with Gasteiger partial charge in [0.2, 0.25) is 5.78 Å². The summed E-state index contributed by atoms with van der Waals surface area (Å²) >= 11 is 5.96. The number of furan rings is 1. The van der Waals surface area contributed by atoms with Gasteiger partial charge in [0.05, 0.1) is 5.69 Å². The van der Waals surface area contributed by atoms with Crippen molar-refractivity contribution >= 4 is 39.9 Å². The van der Waals surface area contributed by atoms with Crippen LogP contribution in [-0.4, -0.2) is 11.7 Å². The lowest BCUT2D eigenvalue weighted by atomic mass is 10.1. The third-order valence-corrected chi connectivity index (χ3v) is 4.47. The van der Waals surface area contributed by atoms with E-state index in [1.807, 2.05) is 0 Å². The van der Waals surface area contributed by atoms with Crippen LogP contribution in [0, 0.1) is 5.82 Å². The normalized spacial score (nSPS) is 10.8. The Labute approximate surface area is 164 Å². The first-order chi connectivity index (χ1) is 13.5. The zero-order chi connectivity index (χ0) is 19.7. The minimum absolute atomic E-state index is 0.0248. The minimum atomic E-state index is -0.461. The molecule has 3 aromatic carbocycles. The van der Waals surface area contributed by atoms with Crippen molar-refractivity contribution in [1.82, 2.24) is 0 Å². The van der Waals surface area contributed by atoms with Crippen LogP contribution in [0.5, 0.6) is 0 Å². The number of halogens is 2. The van der Waals surface area contributed by atoms with Crippen LogP contribution in [-0.2, 0) is 0 Å². The second kappa shape index (κ2) is 7.29. The Morgan fingerprint density at radius 3 is 2.39 bits per heavy atom. The molecule has 0 aliphatic carbocycles. The van der Waals surface area contributed by atoms with Gasteiger partial charge < -0.3 is 9.73 Å². The third-order valence-electron chi connectivity index (χ3n) is 4.23. The summed E-state index contributed by atoms with van der Waals surface area (Å²) in [5.74, 6) is -1.36. The van der Waals surface area contributed by atoms with Gasteiger partial charge in [-0.2, -0.15) is 0 Å². The lowest BCUT2D eigenvalue weighted by Gasteiger charge is -2.06. The van der Waals surface area contributed by atoms with Crippen molar-refractivity contribution in [1.29, 1.82) is 0 Å². The Kier molecular flexibility index (Phi) is 4.67. The van der Waals surface area contributed by atoms with Gasteiger partial charge in [-0.1, -0.05) is 29.8 Å². The lowest BCUT2D eigenvalue weighted by Crippen LogP contribution is -2.14. The van der Waals surface area contributed by atoms with Gasteiger partial charge in [0.1, 0.15) is 11.4 Å². The van der Waals surface area contributed by atoms with Crippen LogP contribution in [0.1, 0.15) is 26.5 Å². The predicted octanol–water partition coefficient (Wildman–Crippen LogP) is 5.71. The summed E-state index contributed by atoms with van der Waals surface area (Å²) in [6.45, 7) is 0. The molecule has 1 heterocycles. The molecule has 0 radical (unpaired) electrons. The van der Waals surface area contributed by atoms with E-state index < -0.39 is 17.5 Å². The quantitative estimate of drug-likeness (QED) is 0.452. The van der Waals surface area contributed by atoms with E-state index in [-0.39, 0.29) is 17.0 Å². The molecule has 4 aromatic rings. The van der Waals surface area contributed by atoms with Crippen molar-refractivity contribution in [3.05, 3.63) is 101 Å². The number of anilines is 1. The fourth-order valence-corrected chi connectivity index (χ4v) is 3.07. The Balaban J connectivity index is 1.78. The Hall–Kier alpha value is -3.44. The van der Waals surface area contributed by atoms with Crippen molar-refractivity contribution in [2.75, 3.05) is 5.32 Å². The van der Waals surface area contributed by atoms with Gasteiger partial charge in [-0.25, -0.2) is 4.39 Å². The lowest BCUT2D eigenvalue weighted by molar-refractivity contribution is 0.101. The summed E-state index contributed by atoms with van der Waals surface area (Å²) in [5.41, 5.74) is 1.31. The summed E-state index contributed by atoms with van der Waals surface area (Å²) in [7, 11) is 0. The molecule has 1 N–H and O–H groups in total. The number of carbonyl (C=O) groups is 2. The average Bonchev–Trinajstić information content (AvgIpc) is 3.06. The summed E-state index contributed by atoms with van der Waals surface area (Å²) in [4.78, 5) is 25.6. The van der Waals surface area contributed by atoms with E-state index in [9.17, 15) is 14.0 Å². The van der Waals surface area contributed by atoms with Crippen molar-refractivity contribution in [3.8, 4) is 0 Å². The average molecular weight is 394 g/mol. The molecule has 138 valence electrons. The van der Waals surface area contributed by atoms with Crippen LogP contribution in [0.3, 0.4) is 0 Å². The fourth-order valence-electron chi connectivity index (χ4n) is 2.88. The van der Waals surface area contributed by atoms with Crippen LogP contribution >= 0.6 is 11.6 Å². The molecule has 0 spiro atoms. The second-order valence-corrected chi connectivity index (χ2v) is 6.54. The van der Waals surface area contributed by atoms with Crippen molar-refractivity contribution in [2.45, 2.75) is 0 Å². The van der Waals surface area contributed by atoms with Gasteiger partial charge in [0.25, 0.3) is 5.91 Å². The topological polar surface area (TPSA) is 59.3 Å². The molecule has 0 unspecified atom stereocenters. The van der Waals surface area contributed by atoms with E-state index in [1.165, 1.54) is 30.3 Å². The highest BCUT2D eigenvalue weighted by Gasteiger charge is 2.23. The SMILES string of the molecule is O=C(Nc1c(C(=O)c2ccc(F)cc2)oc2ccccc12)c1cccc(Cl)c1.